The van der Waals surface area contributed by atoms with Gasteiger partial charge in [-0.15, -0.1) is 0 Å². The van der Waals surface area contributed by atoms with Crippen LogP contribution in [0.25, 0.3) is 5.76 Å². The molecule has 1 aromatic carbocycles. The van der Waals surface area contributed by atoms with Crippen molar-refractivity contribution in [2.45, 2.75) is 31.4 Å². The summed E-state index contributed by atoms with van der Waals surface area (Å²) in [5.74, 6) is -8.17. The Bertz CT molecular complexity index is 1380. The average Bonchev–Trinajstić information content (AvgIpc) is 2.78. The van der Waals surface area contributed by atoms with E-state index in [1.165, 1.54) is 25.9 Å². The molecule has 0 bridgehead atoms. The number of primary amides is 1. The predicted octanol–water partition coefficient (Wildman–Crippen LogP) is 0.642. The highest BCUT2D eigenvalue weighted by molar-refractivity contribution is 6.37. The molecule has 4 rings (SSSR count). The number of carbonyl (C=O) groups is 4. The number of Topliss-reactive ketones (excluding diaryl/α,β-unsaturated/α-hetero) is 2. The summed E-state index contributed by atoms with van der Waals surface area (Å²) >= 11 is 6.57. The minimum atomic E-state index is -2.74. The van der Waals surface area contributed by atoms with Crippen LogP contribution in [-0.2, 0) is 25.6 Å². The van der Waals surface area contributed by atoms with E-state index in [0.717, 1.165) is 0 Å². The van der Waals surface area contributed by atoms with Crippen LogP contribution < -0.4 is 16.0 Å². The van der Waals surface area contributed by atoms with E-state index in [9.17, 15) is 39.6 Å². The number of fused-ring (bicyclic) bond motifs is 3. The molecule has 3 aliphatic carbocycles. The number of nitrogens with two attached hydrogens (primary N) is 1. The Balaban J connectivity index is 2.04. The van der Waals surface area contributed by atoms with E-state index < -0.39 is 69.7 Å². The minimum Gasteiger partial charge on any atom is -0.508 e. The highest BCUT2D eigenvalue weighted by Gasteiger charge is 2.64. The molecule has 204 valence electrons. The molecule has 0 radical (unpaired) electrons. The summed E-state index contributed by atoms with van der Waals surface area (Å²) in [5.41, 5.74) is 1.83. The van der Waals surface area contributed by atoms with Crippen molar-refractivity contribution < 1.29 is 39.6 Å². The maximum absolute atomic E-state index is 13.9. The van der Waals surface area contributed by atoms with Gasteiger partial charge in [0.05, 0.1) is 22.3 Å². The Labute approximate surface area is 223 Å². The van der Waals surface area contributed by atoms with Gasteiger partial charge in [0, 0.05) is 32.5 Å². The SMILES string of the molecule is CC(=O)Nc1c(O)c2c(c(N(C)C)c1Cl)C[C@H]1C[C@H]3[C@H](N(C)C)C(=O)C(C(N)=O)=C(O)[C@@]3(O)C(=O)C1=C2O. The molecule has 3 aliphatic rings. The molecule has 1 aromatic rings. The maximum Gasteiger partial charge on any atom is 0.255 e. The summed E-state index contributed by atoms with van der Waals surface area (Å²) in [6, 6.07) is -1.18. The summed E-state index contributed by atoms with van der Waals surface area (Å²) in [6.07, 6.45) is 0.0140. The molecule has 0 heterocycles. The van der Waals surface area contributed by atoms with E-state index in [1.54, 1.807) is 19.0 Å². The molecule has 0 aliphatic heterocycles. The molecule has 7 N–H and O–H groups in total. The van der Waals surface area contributed by atoms with Crippen LogP contribution in [0.1, 0.15) is 24.5 Å². The Morgan fingerprint density at radius 3 is 2.24 bits per heavy atom. The van der Waals surface area contributed by atoms with Gasteiger partial charge in [0.1, 0.15) is 22.8 Å². The number of nitrogens with one attached hydrogen (secondary N) is 1. The molecule has 13 heteroatoms. The number of benzene rings is 1. The van der Waals surface area contributed by atoms with Crippen molar-refractivity contribution in [2.24, 2.45) is 17.6 Å². The van der Waals surface area contributed by atoms with Crippen LogP contribution in [0.3, 0.4) is 0 Å². The third-order valence-electron chi connectivity index (χ3n) is 7.55. The van der Waals surface area contributed by atoms with Crippen LogP contribution in [0.4, 0.5) is 11.4 Å². The number of hydrogen-bond donors (Lipinski definition) is 6. The Kier molecular flexibility index (Phi) is 6.49. The summed E-state index contributed by atoms with van der Waals surface area (Å²) < 4.78 is 0. The van der Waals surface area contributed by atoms with Crippen molar-refractivity contribution >= 4 is 52.1 Å². The number of hydrogen-bond acceptors (Lipinski definition) is 10. The summed E-state index contributed by atoms with van der Waals surface area (Å²) in [4.78, 5) is 54.0. The normalized spacial score (nSPS) is 26.7. The first-order valence-corrected chi connectivity index (χ1v) is 12.1. The lowest BCUT2D eigenvalue weighted by molar-refractivity contribution is -0.153. The van der Waals surface area contributed by atoms with Crippen molar-refractivity contribution in [1.82, 2.24) is 4.90 Å². The average molecular weight is 549 g/mol. The lowest BCUT2D eigenvalue weighted by Crippen LogP contribution is -2.65. The largest absolute Gasteiger partial charge is 0.508 e. The number of amides is 2. The Hall–Kier alpha value is -3.61. The fraction of sp³-hybridized carbons (Fsp3) is 0.440. The number of anilines is 2. The van der Waals surface area contributed by atoms with Gasteiger partial charge in [-0.2, -0.15) is 0 Å². The monoisotopic (exact) mass is 548 g/mol. The third-order valence-corrected chi connectivity index (χ3v) is 7.92. The molecule has 1 fully saturated rings. The van der Waals surface area contributed by atoms with Gasteiger partial charge in [0.15, 0.2) is 17.1 Å². The van der Waals surface area contributed by atoms with Crippen LogP contribution in [0.2, 0.25) is 5.02 Å². The predicted molar refractivity (Wildman–Crippen MR) is 138 cm³/mol. The smallest absolute Gasteiger partial charge is 0.255 e. The number of halogens is 1. The van der Waals surface area contributed by atoms with Crippen LogP contribution in [-0.4, -0.2) is 88.5 Å². The van der Waals surface area contributed by atoms with E-state index >= 15 is 0 Å². The maximum atomic E-state index is 13.9. The van der Waals surface area contributed by atoms with Gasteiger partial charge >= 0.3 is 0 Å². The minimum absolute atomic E-state index is 0.0158. The van der Waals surface area contributed by atoms with Crippen LogP contribution >= 0.6 is 11.6 Å². The zero-order valence-electron chi connectivity index (χ0n) is 21.4. The van der Waals surface area contributed by atoms with Crippen LogP contribution in [0.5, 0.6) is 5.75 Å². The molecule has 0 spiro atoms. The zero-order valence-corrected chi connectivity index (χ0v) is 22.2. The molecule has 1 saturated carbocycles. The number of phenolic OH excluding ortho intramolecular Hbond substituents is 1. The van der Waals surface area contributed by atoms with Gasteiger partial charge in [0.25, 0.3) is 5.91 Å². The summed E-state index contributed by atoms with van der Waals surface area (Å²) in [5, 5.41) is 47.5. The molecular formula is C25H29ClN4O8. The first-order chi connectivity index (χ1) is 17.6. The van der Waals surface area contributed by atoms with Gasteiger partial charge in [-0.3, -0.25) is 24.1 Å². The van der Waals surface area contributed by atoms with Crippen molar-refractivity contribution in [2.75, 3.05) is 38.4 Å². The second kappa shape index (κ2) is 9.00. The first-order valence-electron chi connectivity index (χ1n) is 11.7. The number of rotatable bonds is 4. The number of nitrogens with zero attached hydrogens (tertiary/aromatic N) is 2. The lowest BCUT2D eigenvalue weighted by Gasteiger charge is -2.50. The number of likely N-dealkylation sites (N-methyl/N-ethyl adjacent to an activating group) is 1. The molecule has 0 unspecified atom stereocenters. The van der Waals surface area contributed by atoms with E-state index in [4.69, 9.17) is 17.3 Å². The molecular weight excluding hydrogens is 520 g/mol. The fourth-order valence-corrected chi connectivity index (χ4v) is 6.50. The molecule has 38 heavy (non-hydrogen) atoms. The topological polar surface area (TPSA) is 194 Å². The molecule has 0 saturated heterocycles. The van der Waals surface area contributed by atoms with Crippen molar-refractivity contribution in [3.05, 3.63) is 33.1 Å². The van der Waals surface area contributed by atoms with E-state index in [-0.39, 0.29) is 34.7 Å². The van der Waals surface area contributed by atoms with Gasteiger partial charge in [-0.05, 0) is 38.4 Å². The molecule has 12 nitrogen and oxygen atoms in total. The second-order valence-corrected chi connectivity index (χ2v) is 10.7. The van der Waals surface area contributed by atoms with Crippen molar-refractivity contribution in [3.8, 4) is 5.75 Å². The highest BCUT2D eigenvalue weighted by atomic mass is 35.5. The van der Waals surface area contributed by atoms with Crippen LogP contribution in [0.15, 0.2) is 16.9 Å². The molecule has 4 atom stereocenters. The number of aliphatic hydroxyl groups excluding tert-OH is 2. The number of carbonyl (C=O) groups excluding carboxylic acids is 4. The van der Waals surface area contributed by atoms with Crippen molar-refractivity contribution in [3.63, 3.8) is 0 Å². The van der Waals surface area contributed by atoms with Gasteiger partial charge in [-0.25, -0.2) is 0 Å². The Morgan fingerprint density at radius 2 is 1.74 bits per heavy atom. The number of ketones is 2. The molecule has 2 amide bonds. The fourth-order valence-electron chi connectivity index (χ4n) is 6.08. The Morgan fingerprint density at radius 1 is 1.13 bits per heavy atom. The van der Waals surface area contributed by atoms with Gasteiger partial charge in [-0.1, -0.05) is 11.6 Å². The highest BCUT2D eigenvalue weighted by Crippen LogP contribution is 2.56. The van der Waals surface area contributed by atoms with Gasteiger partial charge in [0.2, 0.25) is 11.7 Å². The number of aromatic hydroxyl groups is 1. The third kappa shape index (κ3) is 3.58. The van der Waals surface area contributed by atoms with E-state index in [0.29, 0.717) is 11.3 Å². The van der Waals surface area contributed by atoms with E-state index in [2.05, 4.69) is 5.32 Å². The number of phenols is 1. The summed E-state index contributed by atoms with van der Waals surface area (Å²) in [6.45, 7) is 1.20. The second-order valence-electron chi connectivity index (χ2n) is 10.3. The first kappa shape index (κ1) is 27.4. The standard InChI is InChI=1S/C25H29ClN4O8/c1-8(31)28-16-15(26)17(29(2)3)10-6-9-7-11-18(30(4)5)21(34)14(24(27)37)23(36)25(11,38)22(35)12(9)19(32)13(10)20(16)33/h9,11,18,32-33,36,38H,6-7H2,1-5H3,(H2,27,37)(H,28,31)/t9-,11-,18-,25-/m0/s1. The van der Waals surface area contributed by atoms with Crippen LogP contribution in [0, 0.1) is 11.8 Å². The number of aliphatic hydroxyl groups is 3. The van der Waals surface area contributed by atoms with Gasteiger partial charge < -0.3 is 36.4 Å². The summed E-state index contributed by atoms with van der Waals surface area (Å²) in [7, 11) is 6.40. The lowest BCUT2D eigenvalue weighted by atomic mass is 9.57. The van der Waals surface area contributed by atoms with E-state index in [1.807, 2.05) is 0 Å². The van der Waals surface area contributed by atoms with Crippen molar-refractivity contribution in [1.29, 1.82) is 0 Å². The zero-order chi connectivity index (χ0) is 28.6. The quantitative estimate of drug-likeness (QED) is 0.229. The molecule has 0 aromatic heterocycles.